The zero-order valence-corrected chi connectivity index (χ0v) is 16.5. The van der Waals surface area contributed by atoms with Crippen molar-refractivity contribution in [2.75, 3.05) is 0 Å². The summed E-state index contributed by atoms with van der Waals surface area (Å²) >= 11 is 0. The molecule has 6 rings (SSSR count). The normalized spacial score (nSPS) is 29.3. The number of rotatable bonds is 6. The molecule has 2 saturated carbocycles. The summed E-state index contributed by atoms with van der Waals surface area (Å²) < 4.78 is 43.3. The molecule has 2 aliphatic carbocycles. The van der Waals surface area contributed by atoms with Crippen LogP contribution < -0.4 is 10.0 Å². The molecule has 6 heteroatoms. The monoisotopic (exact) mass is 400 g/mol. The lowest BCUT2D eigenvalue weighted by Crippen LogP contribution is -2.68. The number of hydrogen-bond donors (Lipinski definition) is 2. The molecule has 148 valence electrons. The summed E-state index contributed by atoms with van der Waals surface area (Å²) in [4.78, 5) is 0. The number of fused-ring (bicyclic) bond motifs is 2. The second-order valence-electron chi connectivity index (χ2n) is 8.44. The van der Waals surface area contributed by atoms with Crippen LogP contribution in [0.3, 0.4) is 0 Å². The SMILES string of the molecule is O=S(=O)(N[C@H]1C2CC(C2)N[C@H]1Cc1cccc(-c2ccccc2)c1F)C1CC1. The lowest BCUT2D eigenvalue weighted by atomic mass is 9.68. The molecule has 2 aliphatic heterocycles. The Hall–Kier alpha value is -1.76. The van der Waals surface area contributed by atoms with Gasteiger partial charge in [0.2, 0.25) is 10.0 Å². The van der Waals surface area contributed by atoms with Crippen LogP contribution in [-0.2, 0) is 16.4 Å². The van der Waals surface area contributed by atoms with Crippen molar-refractivity contribution in [3.05, 3.63) is 59.9 Å². The smallest absolute Gasteiger partial charge is 0.214 e. The van der Waals surface area contributed by atoms with Gasteiger partial charge in [-0.1, -0.05) is 48.5 Å². The van der Waals surface area contributed by atoms with Gasteiger partial charge < -0.3 is 5.32 Å². The third-order valence-corrected chi connectivity index (χ3v) is 8.38. The maximum atomic E-state index is 15.3. The predicted octanol–water partition coefficient (Wildman–Crippen LogP) is 3.24. The van der Waals surface area contributed by atoms with Crippen LogP contribution in [0, 0.1) is 11.7 Å². The van der Waals surface area contributed by atoms with Crippen LogP contribution in [-0.4, -0.2) is 31.8 Å². The zero-order valence-electron chi connectivity index (χ0n) is 15.6. The van der Waals surface area contributed by atoms with Crippen LogP contribution in [0.2, 0.25) is 0 Å². The van der Waals surface area contributed by atoms with Crippen molar-refractivity contribution >= 4 is 10.0 Å². The average Bonchev–Trinajstić information content (AvgIpc) is 3.50. The lowest BCUT2D eigenvalue weighted by Gasteiger charge is -2.52. The van der Waals surface area contributed by atoms with E-state index in [1.165, 1.54) is 0 Å². The minimum atomic E-state index is -3.27. The Bertz CT molecular complexity index is 969. The van der Waals surface area contributed by atoms with Gasteiger partial charge in [0.25, 0.3) is 0 Å². The molecular formula is C22H25FN2O2S. The fraction of sp³-hybridized carbons (Fsp3) is 0.455. The number of benzene rings is 2. The molecule has 28 heavy (non-hydrogen) atoms. The Balaban J connectivity index is 1.40. The van der Waals surface area contributed by atoms with Crippen LogP contribution in [0.4, 0.5) is 4.39 Å². The van der Waals surface area contributed by atoms with E-state index in [1.807, 2.05) is 42.5 Å². The van der Waals surface area contributed by atoms with Gasteiger partial charge in [-0.3, -0.25) is 0 Å². The third kappa shape index (κ3) is 3.38. The Morgan fingerprint density at radius 1 is 1.04 bits per heavy atom. The highest BCUT2D eigenvalue weighted by Gasteiger charge is 2.48. The molecule has 2 heterocycles. The van der Waals surface area contributed by atoms with Gasteiger partial charge in [-0.15, -0.1) is 0 Å². The summed E-state index contributed by atoms with van der Waals surface area (Å²) in [5, 5.41) is 3.32. The van der Waals surface area contributed by atoms with Crippen LogP contribution in [0.1, 0.15) is 31.2 Å². The van der Waals surface area contributed by atoms with Crippen molar-refractivity contribution in [3.63, 3.8) is 0 Å². The van der Waals surface area contributed by atoms with Crippen molar-refractivity contribution in [2.45, 2.75) is 55.5 Å². The lowest BCUT2D eigenvalue weighted by molar-refractivity contribution is 0.0808. The Morgan fingerprint density at radius 3 is 2.50 bits per heavy atom. The van der Waals surface area contributed by atoms with E-state index in [0.29, 0.717) is 29.5 Å². The number of sulfonamides is 1. The quantitative estimate of drug-likeness (QED) is 0.783. The first kappa shape index (κ1) is 18.3. The summed E-state index contributed by atoms with van der Waals surface area (Å²) in [6, 6.07) is 15.2. The molecule has 2 aromatic rings. The van der Waals surface area contributed by atoms with Crippen molar-refractivity contribution < 1.29 is 12.8 Å². The second-order valence-corrected chi connectivity index (χ2v) is 10.4. The Morgan fingerprint density at radius 2 is 1.79 bits per heavy atom. The molecule has 0 aromatic heterocycles. The fourth-order valence-corrected chi connectivity index (χ4v) is 6.35. The van der Waals surface area contributed by atoms with E-state index < -0.39 is 10.0 Å². The average molecular weight is 401 g/mol. The summed E-state index contributed by atoms with van der Waals surface area (Å²) in [6.07, 6.45) is 3.99. The van der Waals surface area contributed by atoms with Gasteiger partial charge in [-0.05, 0) is 49.1 Å². The molecular weight excluding hydrogens is 375 g/mol. The van der Waals surface area contributed by atoms with Gasteiger partial charge in [0.1, 0.15) is 5.82 Å². The first-order chi connectivity index (χ1) is 13.5. The van der Waals surface area contributed by atoms with Crippen molar-refractivity contribution in [1.82, 2.24) is 10.0 Å². The van der Waals surface area contributed by atoms with E-state index in [-0.39, 0.29) is 23.2 Å². The number of piperidine rings is 2. The fourth-order valence-electron chi connectivity index (χ4n) is 4.67. The van der Waals surface area contributed by atoms with Gasteiger partial charge in [0.05, 0.1) is 5.25 Å². The summed E-state index contributed by atoms with van der Waals surface area (Å²) in [5.74, 6) is 0.142. The highest BCUT2D eigenvalue weighted by molar-refractivity contribution is 7.90. The summed E-state index contributed by atoms with van der Waals surface area (Å²) in [6.45, 7) is 0. The van der Waals surface area contributed by atoms with E-state index in [0.717, 1.165) is 31.2 Å². The second kappa shape index (κ2) is 6.94. The predicted molar refractivity (Wildman–Crippen MR) is 108 cm³/mol. The molecule has 2 bridgehead atoms. The van der Waals surface area contributed by atoms with Crippen molar-refractivity contribution in [1.29, 1.82) is 0 Å². The molecule has 0 spiro atoms. The minimum absolute atomic E-state index is 0.0773. The molecule has 0 radical (unpaired) electrons. The maximum absolute atomic E-state index is 15.3. The van der Waals surface area contributed by atoms with Gasteiger partial charge in [-0.2, -0.15) is 0 Å². The third-order valence-electron chi connectivity index (χ3n) is 6.43. The summed E-state index contributed by atoms with van der Waals surface area (Å²) in [7, 11) is -3.27. The molecule has 0 amide bonds. The molecule has 2 saturated heterocycles. The largest absolute Gasteiger partial charge is 0.309 e. The first-order valence-corrected chi connectivity index (χ1v) is 11.7. The van der Waals surface area contributed by atoms with Crippen molar-refractivity contribution in [2.24, 2.45) is 5.92 Å². The number of halogens is 1. The molecule has 4 fully saturated rings. The van der Waals surface area contributed by atoms with E-state index in [2.05, 4.69) is 10.0 Å². The molecule has 2 atom stereocenters. The van der Waals surface area contributed by atoms with Crippen LogP contribution >= 0.6 is 0 Å². The summed E-state index contributed by atoms with van der Waals surface area (Å²) in [5.41, 5.74) is 2.08. The van der Waals surface area contributed by atoms with Crippen LogP contribution in [0.5, 0.6) is 0 Å². The molecule has 2 aromatic carbocycles. The van der Waals surface area contributed by atoms with E-state index in [4.69, 9.17) is 0 Å². The van der Waals surface area contributed by atoms with Crippen LogP contribution in [0.15, 0.2) is 48.5 Å². The molecule has 4 nitrogen and oxygen atoms in total. The van der Waals surface area contributed by atoms with Gasteiger partial charge >= 0.3 is 0 Å². The van der Waals surface area contributed by atoms with E-state index in [1.54, 1.807) is 6.07 Å². The maximum Gasteiger partial charge on any atom is 0.214 e. The number of hydrogen-bond acceptors (Lipinski definition) is 3. The van der Waals surface area contributed by atoms with Crippen LogP contribution in [0.25, 0.3) is 11.1 Å². The Kier molecular flexibility index (Phi) is 4.53. The van der Waals surface area contributed by atoms with Crippen molar-refractivity contribution in [3.8, 4) is 11.1 Å². The number of nitrogens with one attached hydrogen (secondary N) is 2. The zero-order chi connectivity index (χ0) is 19.3. The standard InChI is InChI=1S/C22H25FN2O2S/c23-21-15(7-4-8-19(21)14-5-2-1-3-6-14)13-20-22(16-11-17(12-16)24-20)25-28(26,27)18-9-10-18/h1-8,16-18,20,22,24-25H,9-13H2/t16?,17?,20-,22-/m0/s1. The van der Waals surface area contributed by atoms with E-state index >= 15 is 4.39 Å². The topological polar surface area (TPSA) is 58.2 Å². The minimum Gasteiger partial charge on any atom is -0.309 e. The molecule has 4 aliphatic rings. The highest BCUT2D eigenvalue weighted by atomic mass is 32.2. The van der Waals surface area contributed by atoms with Gasteiger partial charge in [0.15, 0.2) is 0 Å². The highest BCUT2D eigenvalue weighted by Crippen LogP contribution is 2.39. The Labute approximate surface area is 165 Å². The van der Waals surface area contributed by atoms with Gasteiger partial charge in [0, 0.05) is 23.7 Å². The first-order valence-electron chi connectivity index (χ1n) is 10.1. The van der Waals surface area contributed by atoms with E-state index in [9.17, 15) is 8.42 Å². The van der Waals surface area contributed by atoms with Gasteiger partial charge in [-0.25, -0.2) is 17.5 Å². The molecule has 0 unspecified atom stereocenters. The molecule has 2 N–H and O–H groups in total.